The number of methoxy groups -OCH3 is 1. The standard InChI is InChI=1S/C14H23BrO2/c1-17-14(16)12-10-8-6-4-2-3-5-7-9-11-13-15/h2-4,6,8-13H2,1H3. The molecule has 0 aromatic carbocycles. The Hall–Kier alpha value is -0.490. The zero-order chi connectivity index (χ0) is 12.8. The molecular formula is C14H23BrO2. The van der Waals surface area contributed by atoms with E-state index in [1.807, 2.05) is 0 Å². The molecule has 2 nitrogen and oxygen atoms in total. The van der Waals surface area contributed by atoms with Gasteiger partial charge in [0, 0.05) is 24.6 Å². The van der Waals surface area contributed by atoms with Crippen LogP contribution in [-0.2, 0) is 9.53 Å². The molecule has 0 saturated heterocycles. The molecule has 0 N–H and O–H groups in total. The molecule has 98 valence electrons. The molecule has 0 heterocycles. The number of halogens is 1. The summed E-state index contributed by atoms with van der Waals surface area (Å²) in [4.78, 5) is 10.8. The Kier molecular flexibility index (Phi) is 13.2. The first-order valence-electron chi connectivity index (χ1n) is 6.39. The summed E-state index contributed by atoms with van der Waals surface area (Å²) in [7, 11) is 1.44. The average molecular weight is 303 g/mol. The van der Waals surface area contributed by atoms with Crippen LogP contribution in [0.2, 0.25) is 0 Å². The molecule has 0 unspecified atom stereocenters. The van der Waals surface area contributed by atoms with Gasteiger partial charge in [-0.3, -0.25) is 4.79 Å². The van der Waals surface area contributed by atoms with Crippen molar-refractivity contribution in [3.05, 3.63) is 0 Å². The maximum Gasteiger partial charge on any atom is 0.305 e. The fourth-order valence-corrected chi connectivity index (χ4v) is 1.73. The lowest BCUT2D eigenvalue weighted by Gasteiger charge is -1.99. The number of carbonyl (C=O) groups is 1. The summed E-state index contributed by atoms with van der Waals surface area (Å²) in [5, 5.41) is 1.04. The Labute approximate surface area is 114 Å². The van der Waals surface area contributed by atoms with Crippen LogP contribution >= 0.6 is 15.9 Å². The van der Waals surface area contributed by atoms with Gasteiger partial charge >= 0.3 is 5.97 Å². The summed E-state index contributed by atoms with van der Waals surface area (Å²) in [6.45, 7) is 0. The maximum atomic E-state index is 10.8. The molecule has 0 rings (SSSR count). The van der Waals surface area contributed by atoms with Gasteiger partial charge in [0.15, 0.2) is 0 Å². The van der Waals surface area contributed by atoms with Crippen LogP contribution in [0.1, 0.15) is 57.8 Å². The van der Waals surface area contributed by atoms with Crippen LogP contribution in [0, 0.1) is 11.8 Å². The summed E-state index contributed by atoms with van der Waals surface area (Å²) in [5.41, 5.74) is 0. The van der Waals surface area contributed by atoms with Crippen molar-refractivity contribution in [3.8, 4) is 11.8 Å². The Morgan fingerprint density at radius 2 is 1.59 bits per heavy atom. The summed E-state index contributed by atoms with van der Waals surface area (Å²) in [6, 6.07) is 0. The summed E-state index contributed by atoms with van der Waals surface area (Å²) in [6.07, 6.45) is 9.37. The lowest BCUT2D eigenvalue weighted by molar-refractivity contribution is -0.140. The first kappa shape index (κ1) is 16.5. The van der Waals surface area contributed by atoms with Crippen LogP contribution in [0.3, 0.4) is 0 Å². The molecule has 0 aromatic rings. The highest BCUT2D eigenvalue weighted by molar-refractivity contribution is 9.09. The zero-order valence-electron chi connectivity index (χ0n) is 10.8. The predicted octanol–water partition coefficient (Wildman–Crippen LogP) is 4.07. The van der Waals surface area contributed by atoms with Gasteiger partial charge in [0.25, 0.3) is 0 Å². The highest BCUT2D eigenvalue weighted by atomic mass is 79.9. The van der Waals surface area contributed by atoms with E-state index in [4.69, 9.17) is 0 Å². The molecule has 0 bridgehead atoms. The van der Waals surface area contributed by atoms with Crippen LogP contribution < -0.4 is 0 Å². The minimum atomic E-state index is -0.0948. The van der Waals surface area contributed by atoms with Crippen molar-refractivity contribution in [2.24, 2.45) is 0 Å². The monoisotopic (exact) mass is 302 g/mol. The zero-order valence-corrected chi connectivity index (χ0v) is 12.4. The van der Waals surface area contributed by atoms with E-state index in [1.54, 1.807) is 0 Å². The van der Waals surface area contributed by atoms with Gasteiger partial charge in [0.2, 0.25) is 0 Å². The van der Waals surface area contributed by atoms with Gasteiger partial charge in [-0.25, -0.2) is 0 Å². The topological polar surface area (TPSA) is 26.3 Å². The molecule has 0 radical (unpaired) electrons. The second kappa shape index (κ2) is 13.6. The van der Waals surface area contributed by atoms with E-state index in [9.17, 15) is 4.79 Å². The van der Waals surface area contributed by atoms with Crippen molar-refractivity contribution < 1.29 is 9.53 Å². The highest BCUT2D eigenvalue weighted by Gasteiger charge is 1.98. The SMILES string of the molecule is COC(=O)CCCCCCCC#CCCCBr. The van der Waals surface area contributed by atoms with E-state index in [-0.39, 0.29) is 5.97 Å². The number of ether oxygens (including phenoxy) is 1. The molecule has 0 aliphatic heterocycles. The maximum absolute atomic E-state index is 10.8. The highest BCUT2D eigenvalue weighted by Crippen LogP contribution is 2.07. The van der Waals surface area contributed by atoms with Gasteiger partial charge in [-0.15, -0.1) is 11.8 Å². The second-order valence-corrected chi connectivity index (χ2v) is 4.78. The third-order valence-electron chi connectivity index (χ3n) is 2.47. The van der Waals surface area contributed by atoms with Gasteiger partial charge in [-0.05, 0) is 19.3 Å². The number of alkyl halides is 1. The Morgan fingerprint density at radius 1 is 1.00 bits per heavy atom. The minimum Gasteiger partial charge on any atom is -0.469 e. The second-order valence-electron chi connectivity index (χ2n) is 3.99. The molecule has 17 heavy (non-hydrogen) atoms. The van der Waals surface area contributed by atoms with Gasteiger partial charge < -0.3 is 4.74 Å². The molecule has 0 saturated carbocycles. The molecular weight excluding hydrogens is 280 g/mol. The van der Waals surface area contributed by atoms with Gasteiger partial charge in [-0.1, -0.05) is 35.2 Å². The third kappa shape index (κ3) is 13.4. The van der Waals surface area contributed by atoms with Crippen molar-refractivity contribution in [2.45, 2.75) is 57.8 Å². The van der Waals surface area contributed by atoms with Crippen LogP contribution in [-0.4, -0.2) is 18.4 Å². The van der Waals surface area contributed by atoms with Gasteiger partial charge in [0.1, 0.15) is 0 Å². The number of hydrogen-bond donors (Lipinski definition) is 0. The van der Waals surface area contributed by atoms with Crippen molar-refractivity contribution in [2.75, 3.05) is 12.4 Å². The molecule has 0 aliphatic rings. The molecule has 0 amide bonds. The van der Waals surface area contributed by atoms with Gasteiger partial charge in [-0.2, -0.15) is 0 Å². The quantitative estimate of drug-likeness (QED) is 0.278. The molecule has 0 atom stereocenters. The van der Waals surface area contributed by atoms with Crippen LogP contribution in [0.15, 0.2) is 0 Å². The van der Waals surface area contributed by atoms with E-state index in [1.165, 1.54) is 26.4 Å². The third-order valence-corrected chi connectivity index (χ3v) is 3.03. The normalized spacial score (nSPS) is 9.53. The van der Waals surface area contributed by atoms with E-state index < -0.39 is 0 Å². The van der Waals surface area contributed by atoms with Crippen molar-refractivity contribution in [3.63, 3.8) is 0 Å². The van der Waals surface area contributed by atoms with E-state index in [0.717, 1.165) is 37.4 Å². The summed E-state index contributed by atoms with van der Waals surface area (Å²) < 4.78 is 4.58. The number of rotatable bonds is 9. The Bertz CT molecular complexity index is 240. The molecule has 0 fully saturated rings. The lowest BCUT2D eigenvalue weighted by Crippen LogP contribution is -1.99. The number of carbonyl (C=O) groups excluding carboxylic acids is 1. The number of esters is 1. The molecule has 0 aromatic heterocycles. The predicted molar refractivity (Wildman–Crippen MR) is 75.1 cm³/mol. The number of unbranched alkanes of at least 4 members (excludes halogenated alkanes) is 6. The van der Waals surface area contributed by atoms with Crippen molar-refractivity contribution in [1.29, 1.82) is 0 Å². The molecule has 0 aliphatic carbocycles. The van der Waals surface area contributed by atoms with Crippen LogP contribution in [0.5, 0.6) is 0 Å². The van der Waals surface area contributed by atoms with E-state index >= 15 is 0 Å². The lowest BCUT2D eigenvalue weighted by atomic mass is 10.1. The van der Waals surface area contributed by atoms with E-state index in [0.29, 0.717) is 6.42 Å². The fourth-order valence-electron chi connectivity index (χ4n) is 1.45. The molecule has 0 spiro atoms. The Morgan fingerprint density at radius 3 is 2.24 bits per heavy atom. The van der Waals surface area contributed by atoms with E-state index in [2.05, 4.69) is 32.5 Å². The smallest absolute Gasteiger partial charge is 0.305 e. The molecule has 3 heteroatoms. The van der Waals surface area contributed by atoms with Gasteiger partial charge in [0.05, 0.1) is 7.11 Å². The van der Waals surface area contributed by atoms with Crippen molar-refractivity contribution in [1.82, 2.24) is 0 Å². The first-order valence-corrected chi connectivity index (χ1v) is 7.52. The summed E-state index contributed by atoms with van der Waals surface area (Å²) >= 11 is 3.38. The minimum absolute atomic E-state index is 0.0948. The first-order chi connectivity index (χ1) is 8.31. The Balaban J connectivity index is 3.12. The van der Waals surface area contributed by atoms with Crippen LogP contribution in [0.4, 0.5) is 0 Å². The largest absolute Gasteiger partial charge is 0.469 e. The summed E-state index contributed by atoms with van der Waals surface area (Å²) in [5.74, 6) is 6.27. The van der Waals surface area contributed by atoms with Crippen LogP contribution in [0.25, 0.3) is 0 Å². The fraction of sp³-hybridized carbons (Fsp3) is 0.786. The van der Waals surface area contributed by atoms with Crippen molar-refractivity contribution >= 4 is 21.9 Å². The average Bonchev–Trinajstić information content (AvgIpc) is 2.35. The number of hydrogen-bond acceptors (Lipinski definition) is 2.